The summed E-state index contributed by atoms with van der Waals surface area (Å²) in [5.41, 5.74) is 6.22. The van der Waals surface area contributed by atoms with E-state index >= 15 is 0 Å². The van der Waals surface area contributed by atoms with Crippen LogP contribution in [0.1, 0.15) is 30.1 Å². The molecule has 0 aromatic heterocycles. The van der Waals surface area contributed by atoms with Crippen molar-refractivity contribution in [3.63, 3.8) is 0 Å². The van der Waals surface area contributed by atoms with E-state index in [1.807, 2.05) is 4.90 Å². The highest BCUT2D eigenvalue weighted by molar-refractivity contribution is 9.10. The van der Waals surface area contributed by atoms with Crippen LogP contribution < -0.4 is 10.6 Å². The Balaban J connectivity index is 3.00. The van der Waals surface area contributed by atoms with Crippen LogP contribution in [0.2, 0.25) is 0 Å². The third kappa shape index (κ3) is 4.55. The third-order valence-corrected chi connectivity index (χ3v) is 3.30. The highest BCUT2D eigenvalue weighted by atomic mass is 79.9. The fourth-order valence-electron chi connectivity index (χ4n) is 1.72. The standard InChI is InChI=1S/C13H17BrN2O3/c1-2-3-6-16(8-12(15)17)11-5-4-9(13(18)19)7-10(11)14/h4-5,7H,2-3,6,8H2,1H3,(H2,15,17)(H,18,19). The number of hydrogen-bond donors (Lipinski definition) is 2. The van der Waals surface area contributed by atoms with E-state index in [9.17, 15) is 9.59 Å². The molecule has 19 heavy (non-hydrogen) atoms. The van der Waals surface area contributed by atoms with Gasteiger partial charge in [0, 0.05) is 11.0 Å². The Morgan fingerprint density at radius 3 is 2.58 bits per heavy atom. The summed E-state index contributed by atoms with van der Waals surface area (Å²) in [5.74, 6) is -1.40. The Kier molecular flexibility index (Phi) is 5.82. The molecule has 0 atom stereocenters. The van der Waals surface area contributed by atoms with Gasteiger partial charge in [0.1, 0.15) is 0 Å². The van der Waals surface area contributed by atoms with Crippen molar-refractivity contribution >= 4 is 33.5 Å². The number of anilines is 1. The molecule has 1 aromatic carbocycles. The Morgan fingerprint density at radius 1 is 1.42 bits per heavy atom. The normalized spacial score (nSPS) is 10.2. The molecule has 0 fully saturated rings. The molecule has 0 spiro atoms. The SMILES string of the molecule is CCCCN(CC(N)=O)c1ccc(C(=O)O)cc1Br. The first-order valence-corrected chi connectivity index (χ1v) is 6.81. The maximum Gasteiger partial charge on any atom is 0.335 e. The summed E-state index contributed by atoms with van der Waals surface area (Å²) in [6, 6.07) is 4.73. The van der Waals surface area contributed by atoms with Crippen molar-refractivity contribution in [1.82, 2.24) is 0 Å². The summed E-state index contributed by atoms with van der Waals surface area (Å²) in [7, 11) is 0. The molecule has 1 aromatic rings. The number of halogens is 1. The van der Waals surface area contributed by atoms with Crippen molar-refractivity contribution in [1.29, 1.82) is 0 Å². The maximum absolute atomic E-state index is 11.1. The average Bonchev–Trinajstić information content (AvgIpc) is 2.34. The van der Waals surface area contributed by atoms with Gasteiger partial charge in [0.2, 0.25) is 5.91 Å². The van der Waals surface area contributed by atoms with Crippen LogP contribution in [0, 0.1) is 0 Å². The van der Waals surface area contributed by atoms with Crippen LogP contribution in [0.3, 0.4) is 0 Å². The largest absolute Gasteiger partial charge is 0.478 e. The van der Waals surface area contributed by atoms with E-state index in [4.69, 9.17) is 10.8 Å². The van der Waals surface area contributed by atoms with E-state index in [0.29, 0.717) is 11.0 Å². The van der Waals surface area contributed by atoms with Crippen LogP contribution in [-0.4, -0.2) is 30.1 Å². The number of hydrogen-bond acceptors (Lipinski definition) is 3. The van der Waals surface area contributed by atoms with Gasteiger partial charge in [-0.2, -0.15) is 0 Å². The lowest BCUT2D eigenvalue weighted by Gasteiger charge is -2.24. The number of unbranched alkanes of at least 4 members (excludes halogenated alkanes) is 1. The van der Waals surface area contributed by atoms with Gasteiger partial charge in [0.15, 0.2) is 0 Å². The van der Waals surface area contributed by atoms with E-state index in [2.05, 4.69) is 22.9 Å². The molecule has 0 heterocycles. The maximum atomic E-state index is 11.1. The number of nitrogens with two attached hydrogens (primary N) is 1. The number of nitrogens with zero attached hydrogens (tertiary/aromatic N) is 1. The number of primary amides is 1. The lowest BCUT2D eigenvalue weighted by atomic mass is 10.2. The Hall–Kier alpha value is -1.56. The Bertz CT molecular complexity index is 477. The van der Waals surface area contributed by atoms with Gasteiger partial charge in [0.05, 0.1) is 17.8 Å². The summed E-state index contributed by atoms with van der Waals surface area (Å²) in [6.07, 6.45) is 1.93. The number of aromatic carboxylic acids is 1. The van der Waals surface area contributed by atoms with E-state index in [1.54, 1.807) is 6.07 Å². The molecule has 1 rings (SSSR count). The van der Waals surface area contributed by atoms with Gasteiger partial charge in [-0.3, -0.25) is 4.79 Å². The van der Waals surface area contributed by atoms with E-state index in [0.717, 1.165) is 18.5 Å². The second kappa shape index (κ2) is 7.13. The molecule has 0 saturated carbocycles. The van der Waals surface area contributed by atoms with Crippen molar-refractivity contribution in [3.05, 3.63) is 28.2 Å². The lowest BCUT2D eigenvalue weighted by molar-refractivity contribution is -0.116. The zero-order chi connectivity index (χ0) is 14.4. The number of rotatable bonds is 7. The Labute approximate surface area is 120 Å². The van der Waals surface area contributed by atoms with Crippen LogP contribution in [0.25, 0.3) is 0 Å². The minimum atomic E-state index is -0.984. The minimum Gasteiger partial charge on any atom is -0.478 e. The number of carbonyl (C=O) groups excluding carboxylic acids is 1. The predicted octanol–water partition coefficient (Wildman–Crippen LogP) is 2.24. The first-order chi connectivity index (χ1) is 8.95. The molecular weight excluding hydrogens is 312 g/mol. The molecule has 0 radical (unpaired) electrons. The van der Waals surface area contributed by atoms with Crippen LogP contribution in [0.5, 0.6) is 0 Å². The van der Waals surface area contributed by atoms with Crippen molar-refractivity contribution in [3.8, 4) is 0 Å². The molecular formula is C13H17BrN2O3. The summed E-state index contributed by atoms with van der Waals surface area (Å²) in [6.45, 7) is 2.88. The highest BCUT2D eigenvalue weighted by Crippen LogP contribution is 2.27. The minimum absolute atomic E-state index is 0.116. The number of carboxylic acid groups (broad SMARTS) is 1. The topological polar surface area (TPSA) is 83.6 Å². The van der Waals surface area contributed by atoms with E-state index in [1.165, 1.54) is 12.1 Å². The van der Waals surface area contributed by atoms with Crippen LogP contribution in [-0.2, 0) is 4.79 Å². The van der Waals surface area contributed by atoms with Gasteiger partial charge in [-0.15, -0.1) is 0 Å². The Morgan fingerprint density at radius 2 is 2.11 bits per heavy atom. The molecule has 0 saturated heterocycles. The summed E-state index contributed by atoms with van der Waals surface area (Å²) in [5, 5.41) is 8.92. The number of carbonyl (C=O) groups is 2. The monoisotopic (exact) mass is 328 g/mol. The molecule has 0 aliphatic carbocycles. The molecule has 6 heteroatoms. The van der Waals surface area contributed by atoms with Crippen LogP contribution in [0.15, 0.2) is 22.7 Å². The molecule has 0 bridgehead atoms. The van der Waals surface area contributed by atoms with Crippen molar-refractivity contribution in [2.24, 2.45) is 5.73 Å². The van der Waals surface area contributed by atoms with E-state index in [-0.39, 0.29) is 12.1 Å². The van der Waals surface area contributed by atoms with Gasteiger partial charge in [-0.25, -0.2) is 4.79 Å². The van der Waals surface area contributed by atoms with Gasteiger partial charge >= 0.3 is 5.97 Å². The van der Waals surface area contributed by atoms with Crippen molar-refractivity contribution in [2.45, 2.75) is 19.8 Å². The van der Waals surface area contributed by atoms with Gasteiger partial charge in [-0.05, 0) is 40.5 Å². The lowest BCUT2D eigenvalue weighted by Crippen LogP contribution is -2.34. The zero-order valence-electron chi connectivity index (χ0n) is 10.7. The number of carboxylic acids is 1. The first-order valence-electron chi connectivity index (χ1n) is 6.01. The molecule has 5 nitrogen and oxygen atoms in total. The number of amides is 1. The van der Waals surface area contributed by atoms with Crippen LogP contribution >= 0.6 is 15.9 Å². The van der Waals surface area contributed by atoms with E-state index < -0.39 is 11.9 Å². The summed E-state index contributed by atoms with van der Waals surface area (Å²) >= 11 is 3.34. The van der Waals surface area contributed by atoms with Crippen LogP contribution in [0.4, 0.5) is 5.69 Å². The predicted molar refractivity (Wildman–Crippen MR) is 77.4 cm³/mol. The summed E-state index contributed by atoms with van der Waals surface area (Å²) in [4.78, 5) is 23.8. The van der Waals surface area contributed by atoms with Gasteiger partial charge in [0.25, 0.3) is 0 Å². The average molecular weight is 329 g/mol. The fraction of sp³-hybridized carbons (Fsp3) is 0.385. The second-order valence-electron chi connectivity index (χ2n) is 4.21. The quantitative estimate of drug-likeness (QED) is 0.803. The molecule has 0 unspecified atom stereocenters. The fourth-order valence-corrected chi connectivity index (χ4v) is 2.35. The number of benzene rings is 1. The summed E-state index contributed by atoms with van der Waals surface area (Å²) < 4.78 is 0.643. The molecule has 104 valence electrons. The van der Waals surface area contributed by atoms with Gasteiger partial charge < -0.3 is 15.7 Å². The smallest absolute Gasteiger partial charge is 0.335 e. The third-order valence-electron chi connectivity index (χ3n) is 2.66. The first kappa shape index (κ1) is 15.5. The highest BCUT2D eigenvalue weighted by Gasteiger charge is 2.14. The second-order valence-corrected chi connectivity index (χ2v) is 5.07. The molecule has 0 aliphatic heterocycles. The molecule has 3 N–H and O–H groups in total. The molecule has 0 aliphatic rings. The van der Waals surface area contributed by atoms with Crippen molar-refractivity contribution in [2.75, 3.05) is 18.0 Å². The van der Waals surface area contributed by atoms with Gasteiger partial charge in [-0.1, -0.05) is 13.3 Å². The molecule has 1 amide bonds. The van der Waals surface area contributed by atoms with Crippen molar-refractivity contribution < 1.29 is 14.7 Å². The zero-order valence-corrected chi connectivity index (χ0v) is 12.3.